The number of thiophene rings is 1. The van der Waals surface area contributed by atoms with Crippen molar-refractivity contribution in [3.63, 3.8) is 0 Å². The van der Waals surface area contributed by atoms with Gasteiger partial charge in [0.25, 0.3) is 0 Å². The van der Waals surface area contributed by atoms with Crippen LogP contribution in [0.15, 0.2) is 40.7 Å². The summed E-state index contributed by atoms with van der Waals surface area (Å²) in [6, 6.07) is 10.4. The Bertz CT molecular complexity index is 758. The number of methoxy groups -OCH3 is 1. The van der Waals surface area contributed by atoms with Crippen LogP contribution in [0.4, 0.5) is 0 Å². The van der Waals surface area contributed by atoms with E-state index in [1.807, 2.05) is 19.2 Å². The number of hydrogen-bond donors (Lipinski definition) is 1. The Kier molecular flexibility index (Phi) is 10.2. The van der Waals surface area contributed by atoms with Crippen LogP contribution < -0.4 is 10.1 Å². The molecule has 0 spiro atoms. The first-order chi connectivity index (χ1) is 13.7. The van der Waals surface area contributed by atoms with Gasteiger partial charge >= 0.3 is 0 Å². The molecule has 7 heteroatoms. The molecule has 0 unspecified atom stereocenters. The molecule has 1 aliphatic heterocycles. The molecular formula is C22H32IN3O2S. The maximum absolute atomic E-state index is 5.45. The Morgan fingerprint density at radius 2 is 1.97 bits per heavy atom. The van der Waals surface area contributed by atoms with Gasteiger partial charge in [0.2, 0.25) is 0 Å². The monoisotopic (exact) mass is 529 g/mol. The van der Waals surface area contributed by atoms with E-state index in [4.69, 9.17) is 9.47 Å². The SMILES string of the molecule is CN=C(NCc1cc(-c2ccc(OC)cc2)cs1)N(C)CCC1CCOCC1.I. The van der Waals surface area contributed by atoms with E-state index in [0.717, 1.165) is 43.9 Å². The average molecular weight is 529 g/mol. The molecule has 2 aromatic rings. The predicted molar refractivity (Wildman–Crippen MR) is 133 cm³/mol. The molecule has 1 aromatic carbocycles. The highest BCUT2D eigenvalue weighted by molar-refractivity contribution is 14.0. The summed E-state index contributed by atoms with van der Waals surface area (Å²) in [6.07, 6.45) is 3.56. The van der Waals surface area contributed by atoms with E-state index in [2.05, 4.69) is 45.8 Å². The molecule has 1 N–H and O–H groups in total. The zero-order chi connectivity index (χ0) is 19.8. The summed E-state index contributed by atoms with van der Waals surface area (Å²) in [5.74, 6) is 2.61. The fourth-order valence-electron chi connectivity index (χ4n) is 3.48. The summed E-state index contributed by atoms with van der Waals surface area (Å²) in [5, 5.41) is 5.70. The van der Waals surface area contributed by atoms with Crippen molar-refractivity contribution in [1.82, 2.24) is 10.2 Å². The second kappa shape index (κ2) is 12.4. The summed E-state index contributed by atoms with van der Waals surface area (Å²) >= 11 is 1.77. The number of rotatable bonds is 7. The Morgan fingerprint density at radius 3 is 2.62 bits per heavy atom. The smallest absolute Gasteiger partial charge is 0.193 e. The van der Waals surface area contributed by atoms with Gasteiger partial charge in [-0.2, -0.15) is 0 Å². The van der Waals surface area contributed by atoms with Crippen LogP contribution in [0.5, 0.6) is 5.75 Å². The number of halogens is 1. The molecular weight excluding hydrogens is 497 g/mol. The molecule has 29 heavy (non-hydrogen) atoms. The van der Waals surface area contributed by atoms with Crippen LogP contribution in [0.3, 0.4) is 0 Å². The molecule has 5 nitrogen and oxygen atoms in total. The highest BCUT2D eigenvalue weighted by atomic mass is 127. The second-order valence-corrected chi connectivity index (χ2v) is 8.19. The number of ether oxygens (including phenoxy) is 2. The second-order valence-electron chi connectivity index (χ2n) is 7.20. The van der Waals surface area contributed by atoms with E-state index in [9.17, 15) is 0 Å². The molecule has 160 valence electrons. The topological polar surface area (TPSA) is 46.1 Å². The molecule has 0 bridgehead atoms. The zero-order valence-corrected chi connectivity index (χ0v) is 20.7. The van der Waals surface area contributed by atoms with E-state index in [1.54, 1.807) is 18.4 Å². The molecule has 0 amide bonds. The van der Waals surface area contributed by atoms with Gasteiger partial charge in [-0.25, -0.2) is 0 Å². The van der Waals surface area contributed by atoms with Crippen LogP contribution in [0.1, 0.15) is 24.1 Å². The third kappa shape index (κ3) is 7.15. The van der Waals surface area contributed by atoms with E-state index in [0.29, 0.717) is 0 Å². The van der Waals surface area contributed by atoms with Crippen LogP contribution in [-0.4, -0.2) is 51.8 Å². The Balaban J connectivity index is 0.00000300. The molecule has 0 atom stereocenters. The highest BCUT2D eigenvalue weighted by Crippen LogP contribution is 2.27. The van der Waals surface area contributed by atoms with Gasteiger partial charge in [-0.05, 0) is 59.9 Å². The molecule has 1 aliphatic rings. The number of benzene rings is 1. The average Bonchev–Trinajstić information content (AvgIpc) is 3.22. The van der Waals surface area contributed by atoms with Crippen molar-refractivity contribution in [3.05, 3.63) is 40.6 Å². The Morgan fingerprint density at radius 1 is 1.24 bits per heavy atom. The van der Waals surface area contributed by atoms with Crippen molar-refractivity contribution < 1.29 is 9.47 Å². The first kappa shape index (κ1) is 24.0. The van der Waals surface area contributed by atoms with Crippen molar-refractivity contribution in [1.29, 1.82) is 0 Å². The van der Waals surface area contributed by atoms with Crippen LogP contribution in [0, 0.1) is 5.92 Å². The van der Waals surface area contributed by atoms with Crippen molar-refractivity contribution in [2.24, 2.45) is 10.9 Å². The van der Waals surface area contributed by atoms with E-state index in [1.165, 1.54) is 35.3 Å². The number of aliphatic imine (C=N–C) groups is 1. The first-order valence-electron chi connectivity index (χ1n) is 9.91. The maximum atomic E-state index is 5.45. The summed E-state index contributed by atoms with van der Waals surface area (Å²) < 4.78 is 10.7. The lowest BCUT2D eigenvalue weighted by Crippen LogP contribution is -2.39. The molecule has 2 heterocycles. The molecule has 1 aromatic heterocycles. The quantitative estimate of drug-likeness (QED) is 0.316. The van der Waals surface area contributed by atoms with Crippen LogP contribution >= 0.6 is 35.3 Å². The lowest BCUT2D eigenvalue weighted by molar-refractivity contribution is 0.0625. The summed E-state index contributed by atoms with van der Waals surface area (Å²) in [7, 11) is 5.66. The van der Waals surface area contributed by atoms with Gasteiger partial charge in [0.15, 0.2) is 5.96 Å². The minimum Gasteiger partial charge on any atom is -0.497 e. The minimum absolute atomic E-state index is 0. The molecule has 1 saturated heterocycles. The fourth-order valence-corrected chi connectivity index (χ4v) is 4.31. The van der Waals surface area contributed by atoms with Gasteiger partial charge in [0.1, 0.15) is 5.75 Å². The van der Waals surface area contributed by atoms with E-state index < -0.39 is 0 Å². The minimum atomic E-state index is 0. The predicted octanol–water partition coefficient (Wildman–Crippen LogP) is 4.87. The number of guanidine groups is 1. The molecule has 0 saturated carbocycles. The lowest BCUT2D eigenvalue weighted by Gasteiger charge is -2.26. The van der Waals surface area contributed by atoms with Crippen LogP contribution in [-0.2, 0) is 11.3 Å². The Hall–Kier alpha value is -1.32. The summed E-state index contributed by atoms with van der Waals surface area (Å²) in [4.78, 5) is 7.97. The van der Waals surface area contributed by atoms with Crippen LogP contribution in [0.25, 0.3) is 11.1 Å². The van der Waals surface area contributed by atoms with Gasteiger partial charge in [0, 0.05) is 38.7 Å². The van der Waals surface area contributed by atoms with Crippen molar-refractivity contribution in [3.8, 4) is 16.9 Å². The largest absolute Gasteiger partial charge is 0.497 e. The maximum Gasteiger partial charge on any atom is 0.193 e. The van der Waals surface area contributed by atoms with Gasteiger partial charge in [0.05, 0.1) is 13.7 Å². The molecule has 0 radical (unpaired) electrons. The van der Waals surface area contributed by atoms with E-state index >= 15 is 0 Å². The normalized spacial score (nSPS) is 14.9. The molecule has 0 aliphatic carbocycles. The molecule has 3 rings (SSSR count). The van der Waals surface area contributed by atoms with Gasteiger partial charge < -0.3 is 19.7 Å². The number of nitrogens with one attached hydrogen (secondary N) is 1. The van der Waals surface area contributed by atoms with Crippen molar-refractivity contribution in [2.75, 3.05) is 41.0 Å². The first-order valence-corrected chi connectivity index (χ1v) is 10.8. The van der Waals surface area contributed by atoms with E-state index in [-0.39, 0.29) is 24.0 Å². The summed E-state index contributed by atoms with van der Waals surface area (Å²) in [5.41, 5.74) is 2.45. The Labute approximate surface area is 195 Å². The van der Waals surface area contributed by atoms with Gasteiger partial charge in [-0.15, -0.1) is 35.3 Å². The fraction of sp³-hybridized carbons (Fsp3) is 0.500. The third-order valence-electron chi connectivity index (χ3n) is 5.28. The van der Waals surface area contributed by atoms with Crippen molar-refractivity contribution >= 4 is 41.3 Å². The standard InChI is InChI=1S/C22H31N3O2S.HI/c1-23-22(25(2)11-8-17-9-12-27-13-10-17)24-15-21-14-19(16-28-21)18-4-6-20(26-3)7-5-18;/h4-7,14,16-17H,8-13,15H2,1-3H3,(H,23,24);1H. The lowest BCUT2D eigenvalue weighted by atomic mass is 9.96. The highest BCUT2D eigenvalue weighted by Gasteiger charge is 2.15. The zero-order valence-electron chi connectivity index (χ0n) is 17.5. The molecule has 1 fully saturated rings. The number of nitrogens with zero attached hydrogens (tertiary/aromatic N) is 2. The van der Waals surface area contributed by atoms with Gasteiger partial charge in [-0.1, -0.05) is 12.1 Å². The number of hydrogen-bond acceptors (Lipinski definition) is 4. The summed E-state index contributed by atoms with van der Waals surface area (Å²) in [6.45, 7) is 3.63. The van der Waals surface area contributed by atoms with Crippen molar-refractivity contribution in [2.45, 2.75) is 25.8 Å². The third-order valence-corrected chi connectivity index (χ3v) is 6.22. The van der Waals surface area contributed by atoms with Gasteiger partial charge in [-0.3, -0.25) is 4.99 Å². The van der Waals surface area contributed by atoms with Crippen LogP contribution in [0.2, 0.25) is 0 Å².